The number of Topliss-reactive ketones (excluding diaryl/α,β-unsaturated/α-hetero) is 1. The molecule has 0 N–H and O–H groups in total. The average Bonchev–Trinajstić information content (AvgIpc) is 2.91. The summed E-state index contributed by atoms with van der Waals surface area (Å²) in [5, 5.41) is 0. The predicted octanol–water partition coefficient (Wildman–Crippen LogP) is 4.44. The summed E-state index contributed by atoms with van der Waals surface area (Å²) in [6.45, 7) is 3.46. The summed E-state index contributed by atoms with van der Waals surface area (Å²) in [4.78, 5) is 14.6. The molecule has 3 rings (SSSR count). The number of rotatable bonds is 5. The lowest BCUT2D eigenvalue weighted by atomic mass is 9.73. The lowest BCUT2D eigenvalue weighted by Gasteiger charge is -2.33. The van der Waals surface area contributed by atoms with Gasteiger partial charge in [0.1, 0.15) is 5.82 Å². The van der Waals surface area contributed by atoms with Crippen LogP contribution in [0.25, 0.3) is 0 Å². The fourth-order valence-electron chi connectivity index (χ4n) is 4.17. The summed E-state index contributed by atoms with van der Waals surface area (Å²) in [5.74, 6) is -0.155. The van der Waals surface area contributed by atoms with Crippen LogP contribution in [0.15, 0.2) is 24.3 Å². The number of halogens is 1. The number of nitrogens with zero attached hydrogens (tertiary/aromatic N) is 1. The van der Waals surface area contributed by atoms with Crippen molar-refractivity contribution in [1.82, 2.24) is 4.90 Å². The molecular weight excluding hydrogens is 277 g/mol. The zero-order valence-corrected chi connectivity index (χ0v) is 13.3. The molecule has 1 spiro atoms. The van der Waals surface area contributed by atoms with Crippen molar-refractivity contribution < 1.29 is 9.18 Å². The second kappa shape index (κ2) is 6.91. The number of carbonyl (C=O) groups is 1. The van der Waals surface area contributed by atoms with E-state index in [4.69, 9.17) is 0 Å². The minimum absolute atomic E-state index is 0.131. The van der Waals surface area contributed by atoms with Gasteiger partial charge >= 0.3 is 0 Å². The van der Waals surface area contributed by atoms with E-state index in [-0.39, 0.29) is 11.6 Å². The molecule has 22 heavy (non-hydrogen) atoms. The second-order valence-electron chi connectivity index (χ2n) is 7.12. The van der Waals surface area contributed by atoms with Gasteiger partial charge in [0.2, 0.25) is 0 Å². The van der Waals surface area contributed by atoms with Crippen LogP contribution in [0.5, 0.6) is 0 Å². The van der Waals surface area contributed by atoms with E-state index in [1.54, 1.807) is 12.1 Å². The number of benzene rings is 1. The third-order valence-corrected chi connectivity index (χ3v) is 5.48. The maximum atomic E-state index is 12.9. The van der Waals surface area contributed by atoms with Gasteiger partial charge in [0.15, 0.2) is 5.78 Å². The van der Waals surface area contributed by atoms with Gasteiger partial charge in [0, 0.05) is 18.5 Å². The quantitative estimate of drug-likeness (QED) is 0.749. The van der Waals surface area contributed by atoms with Crippen LogP contribution in [0, 0.1) is 11.2 Å². The van der Waals surface area contributed by atoms with Crippen molar-refractivity contribution in [2.45, 2.75) is 51.4 Å². The van der Waals surface area contributed by atoms with E-state index in [0.717, 1.165) is 13.0 Å². The third-order valence-electron chi connectivity index (χ3n) is 5.48. The summed E-state index contributed by atoms with van der Waals surface area (Å²) in [6, 6.07) is 5.90. The normalized spacial score (nSPS) is 21.3. The molecule has 2 nitrogen and oxygen atoms in total. The Balaban J connectivity index is 1.42. The SMILES string of the molecule is O=C(CCCN1CCC2(CCCCC2)C1)c1ccc(F)cc1. The highest BCUT2D eigenvalue weighted by Gasteiger charge is 2.38. The molecule has 0 amide bonds. The van der Waals surface area contributed by atoms with Gasteiger partial charge in [-0.05, 0) is 68.5 Å². The molecule has 0 atom stereocenters. The van der Waals surface area contributed by atoms with Gasteiger partial charge in [0.05, 0.1) is 0 Å². The topological polar surface area (TPSA) is 20.3 Å². The van der Waals surface area contributed by atoms with E-state index in [1.807, 2.05) is 0 Å². The number of ketones is 1. The van der Waals surface area contributed by atoms with Gasteiger partial charge in [-0.1, -0.05) is 19.3 Å². The van der Waals surface area contributed by atoms with Crippen LogP contribution in [-0.4, -0.2) is 30.3 Å². The van der Waals surface area contributed by atoms with Crippen LogP contribution < -0.4 is 0 Å². The highest BCUT2D eigenvalue weighted by Crippen LogP contribution is 2.43. The first-order valence-electron chi connectivity index (χ1n) is 8.68. The van der Waals surface area contributed by atoms with Crippen molar-refractivity contribution in [3.05, 3.63) is 35.6 Å². The molecule has 1 saturated carbocycles. The first-order chi connectivity index (χ1) is 10.7. The molecule has 1 aliphatic carbocycles. The minimum atomic E-state index is -0.286. The Kier molecular flexibility index (Phi) is 4.92. The lowest BCUT2D eigenvalue weighted by molar-refractivity contribution is 0.0974. The average molecular weight is 303 g/mol. The standard InChI is InChI=1S/C19H26FNO/c20-17-8-6-16(7-9-17)18(22)5-4-13-21-14-12-19(15-21)10-2-1-3-11-19/h6-9H,1-5,10-15H2. The van der Waals surface area contributed by atoms with Crippen LogP contribution in [0.2, 0.25) is 0 Å². The van der Waals surface area contributed by atoms with Crippen molar-refractivity contribution in [1.29, 1.82) is 0 Å². The Hall–Kier alpha value is -1.22. The maximum absolute atomic E-state index is 12.9. The molecular formula is C19H26FNO. The third kappa shape index (κ3) is 3.75. The van der Waals surface area contributed by atoms with E-state index in [0.29, 0.717) is 17.4 Å². The van der Waals surface area contributed by atoms with Crippen LogP contribution in [0.1, 0.15) is 61.7 Å². The zero-order valence-electron chi connectivity index (χ0n) is 13.3. The Labute approximate surface area is 132 Å². The number of hydrogen-bond acceptors (Lipinski definition) is 2. The number of likely N-dealkylation sites (tertiary alicyclic amines) is 1. The Morgan fingerprint density at radius 1 is 1.09 bits per heavy atom. The summed E-state index contributed by atoms with van der Waals surface area (Å²) in [6.07, 6.45) is 9.83. The first-order valence-corrected chi connectivity index (χ1v) is 8.68. The molecule has 1 aliphatic heterocycles. The monoisotopic (exact) mass is 303 g/mol. The van der Waals surface area contributed by atoms with E-state index in [1.165, 1.54) is 63.7 Å². The van der Waals surface area contributed by atoms with Gasteiger partial charge < -0.3 is 4.90 Å². The van der Waals surface area contributed by atoms with Gasteiger partial charge in [-0.3, -0.25) is 4.79 Å². The summed E-state index contributed by atoms with van der Waals surface area (Å²) in [7, 11) is 0. The highest BCUT2D eigenvalue weighted by molar-refractivity contribution is 5.95. The van der Waals surface area contributed by atoms with E-state index >= 15 is 0 Å². The number of carbonyl (C=O) groups excluding carboxylic acids is 1. The fraction of sp³-hybridized carbons (Fsp3) is 0.632. The maximum Gasteiger partial charge on any atom is 0.162 e. The molecule has 0 radical (unpaired) electrons. The largest absolute Gasteiger partial charge is 0.303 e. The van der Waals surface area contributed by atoms with Crippen LogP contribution >= 0.6 is 0 Å². The molecule has 2 aliphatic rings. The molecule has 0 bridgehead atoms. The van der Waals surface area contributed by atoms with Gasteiger partial charge in [0.25, 0.3) is 0 Å². The highest BCUT2D eigenvalue weighted by atomic mass is 19.1. The van der Waals surface area contributed by atoms with Gasteiger partial charge in [-0.15, -0.1) is 0 Å². The summed E-state index contributed by atoms with van der Waals surface area (Å²) < 4.78 is 12.9. The van der Waals surface area contributed by atoms with Gasteiger partial charge in [-0.2, -0.15) is 0 Å². The van der Waals surface area contributed by atoms with Gasteiger partial charge in [-0.25, -0.2) is 4.39 Å². The summed E-state index contributed by atoms with van der Waals surface area (Å²) in [5.41, 5.74) is 1.23. The predicted molar refractivity (Wildman–Crippen MR) is 86.5 cm³/mol. The van der Waals surface area contributed by atoms with Crippen LogP contribution in [0.4, 0.5) is 4.39 Å². The Morgan fingerprint density at radius 3 is 2.55 bits per heavy atom. The van der Waals surface area contributed by atoms with E-state index in [2.05, 4.69) is 4.90 Å². The molecule has 1 saturated heterocycles. The molecule has 0 aromatic heterocycles. The van der Waals surface area contributed by atoms with Crippen molar-refractivity contribution in [3.63, 3.8) is 0 Å². The van der Waals surface area contributed by atoms with Crippen LogP contribution in [0.3, 0.4) is 0 Å². The van der Waals surface area contributed by atoms with Crippen LogP contribution in [-0.2, 0) is 0 Å². The molecule has 2 fully saturated rings. The molecule has 1 aromatic rings. The zero-order chi connectivity index (χ0) is 15.4. The summed E-state index contributed by atoms with van der Waals surface area (Å²) >= 11 is 0. The molecule has 3 heteroatoms. The molecule has 120 valence electrons. The lowest BCUT2D eigenvalue weighted by Crippen LogP contribution is -2.29. The molecule has 0 unspecified atom stereocenters. The number of hydrogen-bond donors (Lipinski definition) is 0. The molecule has 1 aromatic carbocycles. The second-order valence-corrected chi connectivity index (χ2v) is 7.12. The van der Waals surface area contributed by atoms with E-state index < -0.39 is 0 Å². The molecule has 1 heterocycles. The van der Waals surface area contributed by atoms with Crippen molar-refractivity contribution in [3.8, 4) is 0 Å². The van der Waals surface area contributed by atoms with Crippen molar-refractivity contribution in [2.24, 2.45) is 5.41 Å². The van der Waals surface area contributed by atoms with E-state index in [9.17, 15) is 9.18 Å². The fourth-order valence-corrected chi connectivity index (χ4v) is 4.17. The Bertz CT molecular complexity index is 505. The smallest absolute Gasteiger partial charge is 0.162 e. The Morgan fingerprint density at radius 2 is 1.82 bits per heavy atom. The first kappa shape index (κ1) is 15.7. The minimum Gasteiger partial charge on any atom is -0.303 e. The van der Waals surface area contributed by atoms with Crippen molar-refractivity contribution >= 4 is 5.78 Å². The van der Waals surface area contributed by atoms with Crippen molar-refractivity contribution in [2.75, 3.05) is 19.6 Å².